The molecule has 3 nitrogen and oxygen atoms in total. The van der Waals surface area contributed by atoms with Gasteiger partial charge < -0.3 is 10.5 Å². The highest BCUT2D eigenvalue weighted by Crippen LogP contribution is 2.17. The lowest BCUT2D eigenvalue weighted by molar-refractivity contribution is 0.200. The van der Waals surface area contributed by atoms with Crippen LogP contribution in [0.15, 0.2) is 24.3 Å². The van der Waals surface area contributed by atoms with Crippen LogP contribution in [0.5, 0.6) is 5.75 Å². The van der Waals surface area contributed by atoms with E-state index in [2.05, 4.69) is 25.7 Å². The highest BCUT2D eigenvalue weighted by Gasteiger charge is 2.08. The van der Waals surface area contributed by atoms with Crippen molar-refractivity contribution >= 4 is 17.2 Å². The lowest BCUT2D eigenvalue weighted by atomic mass is 10.2. The molecule has 106 valence electrons. The molecule has 1 rings (SSSR count). The summed E-state index contributed by atoms with van der Waals surface area (Å²) in [5.74, 6) is 1.44. The van der Waals surface area contributed by atoms with Gasteiger partial charge in [0.1, 0.15) is 17.3 Å². The van der Waals surface area contributed by atoms with E-state index in [4.69, 9.17) is 22.7 Å². The van der Waals surface area contributed by atoms with Gasteiger partial charge in [0, 0.05) is 13.1 Å². The first-order valence-corrected chi connectivity index (χ1v) is 7.19. The molecule has 0 spiro atoms. The van der Waals surface area contributed by atoms with Gasteiger partial charge in [-0.1, -0.05) is 45.1 Å². The molecular formula is C15H24N2OS. The first-order valence-electron chi connectivity index (χ1n) is 6.78. The largest absolute Gasteiger partial charge is 0.492 e. The second kappa shape index (κ2) is 8.12. The first-order chi connectivity index (χ1) is 9.04. The maximum absolute atomic E-state index is 5.80. The number of rotatable bonds is 8. The Hall–Kier alpha value is -1.13. The molecule has 0 aromatic heterocycles. The third kappa shape index (κ3) is 5.57. The van der Waals surface area contributed by atoms with Crippen LogP contribution >= 0.6 is 12.2 Å². The summed E-state index contributed by atoms with van der Waals surface area (Å²) in [6.45, 7) is 10.3. The SMILES string of the molecule is CCN(CCOc1ccccc1C(N)=S)CC(C)C. The molecule has 0 heterocycles. The van der Waals surface area contributed by atoms with Crippen LogP contribution in [0, 0.1) is 5.92 Å². The summed E-state index contributed by atoms with van der Waals surface area (Å²) >= 11 is 5.02. The van der Waals surface area contributed by atoms with E-state index in [0.29, 0.717) is 17.5 Å². The Morgan fingerprint density at radius 1 is 1.37 bits per heavy atom. The number of thiocarbonyl (C=S) groups is 1. The van der Waals surface area contributed by atoms with Crippen molar-refractivity contribution < 1.29 is 4.74 Å². The molecule has 0 radical (unpaired) electrons. The number of hydrogen-bond donors (Lipinski definition) is 1. The van der Waals surface area contributed by atoms with Crippen LogP contribution in [0.1, 0.15) is 26.3 Å². The van der Waals surface area contributed by atoms with Gasteiger partial charge in [-0.2, -0.15) is 0 Å². The first kappa shape index (κ1) is 15.9. The Bertz CT molecular complexity index is 407. The maximum atomic E-state index is 5.80. The van der Waals surface area contributed by atoms with Gasteiger partial charge in [-0.15, -0.1) is 0 Å². The van der Waals surface area contributed by atoms with Crippen molar-refractivity contribution in [2.45, 2.75) is 20.8 Å². The van der Waals surface area contributed by atoms with Gasteiger partial charge in [-0.05, 0) is 24.6 Å². The summed E-state index contributed by atoms with van der Waals surface area (Å²) in [7, 11) is 0. The molecule has 0 aliphatic carbocycles. The molecule has 1 aromatic carbocycles. The van der Waals surface area contributed by atoms with Crippen LogP contribution in [0.2, 0.25) is 0 Å². The lowest BCUT2D eigenvalue weighted by Crippen LogP contribution is -2.31. The zero-order chi connectivity index (χ0) is 14.3. The van der Waals surface area contributed by atoms with E-state index in [1.54, 1.807) is 0 Å². The maximum Gasteiger partial charge on any atom is 0.129 e. The minimum Gasteiger partial charge on any atom is -0.492 e. The molecule has 0 amide bonds. The van der Waals surface area contributed by atoms with Crippen LogP contribution in [-0.2, 0) is 0 Å². The Labute approximate surface area is 121 Å². The fraction of sp³-hybridized carbons (Fsp3) is 0.533. The quantitative estimate of drug-likeness (QED) is 0.743. The number of nitrogens with zero attached hydrogens (tertiary/aromatic N) is 1. The number of benzene rings is 1. The summed E-state index contributed by atoms with van der Waals surface area (Å²) in [4.78, 5) is 2.76. The molecule has 0 atom stereocenters. The van der Waals surface area contributed by atoms with E-state index in [0.717, 1.165) is 30.9 Å². The van der Waals surface area contributed by atoms with Crippen LogP contribution in [0.4, 0.5) is 0 Å². The number of ether oxygens (including phenoxy) is 1. The zero-order valence-corrected chi connectivity index (χ0v) is 12.9. The monoisotopic (exact) mass is 280 g/mol. The van der Waals surface area contributed by atoms with E-state index < -0.39 is 0 Å². The molecule has 0 aliphatic heterocycles. The highest BCUT2D eigenvalue weighted by atomic mass is 32.1. The van der Waals surface area contributed by atoms with Gasteiger partial charge >= 0.3 is 0 Å². The summed E-state index contributed by atoms with van der Waals surface area (Å²) in [5.41, 5.74) is 6.49. The molecule has 1 aromatic rings. The highest BCUT2D eigenvalue weighted by molar-refractivity contribution is 7.80. The van der Waals surface area contributed by atoms with E-state index in [-0.39, 0.29) is 0 Å². The Balaban J connectivity index is 2.50. The molecule has 19 heavy (non-hydrogen) atoms. The van der Waals surface area contributed by atoms with Gasteiger partial charge in [0.2, 0.25) is 0 Å². The lowest BCUT2D eigenvalue weighted by Gasteiger charge is -2.22. The number of para-hydroxylation sites is 1. The Morgan fingerprint density at radius 3 is 2.63 bits per heavy atom. The van der Waals surface area contributed by atoms with Crippen LogP contribution in [-0.4, -0.2) is 36.1 Å². The van der Waals surface area contributed by atoms with E-state index in [9.17, 15) is 0 Å². The third-order valence-corrected chi connectivity index (χ3v) is 3.11. The normalized spacial score (nSPS) is 11.0. The van der Waals surface area contributed by atoms with E-state index in [1.807, 2.05) is 24.3 Å². The summed E-state index contributed by atoms with van der Waals surface area (Å²) < 4.78 is 5.80. The minimum atomic E-state index is 0.380. The van der Waals surface area contributed by atoms with Crippen molar-refractivity contribution in [3.63, 3.8) is 0 Å². The van der Waals surface area contributed by atoms with Crippen LogP contribution < -0.4 is 10.5 Å². The van der Waals surface area contributed by atoms with Crippen molar-refractivity contribution in [1.82, 2.24) is 4.90 Å². The summed E-state index contributed by atoms with van der Waals surface area (Å²) in [6, 6.07) is 7.65. The van der Waals surface area contributed by atoms with Crippen molar-refractivity contribution in [2.24, 2.45) is 11.7 Å². The molecule has 0 fully saturated rings. The van der Waals surface area contributed by atoms with Crippen molar-refractivity contribution in [3.8, 4) is 5.75 Å². The van der Waals surface area contributed by atoms with Gasteiger partial charge in [0.15, 0.2) is 0 Å². The molecule has 0 bridgehead atoms. The van der Waals surface area contributed by atoms with E-state index >= 15 is 0 Å². The Kier molecular flexibility index (Phi) is 6.81. The van der Waals surface area contributed by atoms with Gasteiger partial charge in [0.05, 0.1) is 5.56 Å². The molecule has 4 heteroatoms. The van der Waals surface area contributed by atoms with Gasteiger partial charge in [-0.25, -0.2) is 0 Å². The van der Waals surface area contributed by atoms with Crippen molar-refractivity contribution in [1.29, 1.82) is 0 Å². The standard InChI is InChI=1S/C15H24N2OS/c1-4-17(11-12(2)3)9-10-18-14-8-6-5-7-13(14)15(16)19/h5-8,12H,4,9-11H2,1-3H3,(H2,16,19). The Morgan fingerprint density at radius 2 is 2.05 bits per heavy atom. The second-order valence-electron chi connectivity index (χ2n) is 5.00. The molecule has 0 saturated heterocycles. The molecular weight excluding hydrogens is 256 g/mol. The average Bonchev–Trinajstić information content (AvgIpc) is 2.37. The number of hydrogen-bond acceptors (Lipinski definition) is 3. The average molecular weight is 280 g/mol. The molecule has 0 saturated carbocycles. The van der Waals surface area contributed by atoms with Crippen LogP contribution in [0.3, 0.4) is 0 Å². The predicted octanol–water partition coefficient (Wildman–Crippen LogP) is 2.68. The predicted molar refractivity (Wildman–Crippen MR) is 84.8 cm³/mol. The molecule has 0 aliphatic rings. The zero-order valence-electron chi connectivity index (χ0n) is 12.1. The smallest absolute Gasteiger partial charge is 0.129 e. The fourth-order valence-corrected chi connectivity index (χ4v) is 2.14. The van der Waals surface area contributed by atoms with Crippen molar-refractivity contribution in [2.75, 3.05) is 26.2 Å². The fourth-order valence-electron chi connectivity index (χ4n) is 1.98. The third-order valence-electron chi connectivity index (χ3n) is 2.89. The summed E-state index contributed by atoms with van der Waals surface area (Å²) in [5, 5.41) is 0. The molecule has 0 unspecified atom stereocenters. The van der Waals surface area contributed by atoms with Crippen LogP contribution in [0.25, 0.3) is 0 Å². The van der Waals surface area contributed by atoms with Crippen molar-refractivity contribution in [3.05, 3.63) is 29.8 Å². The number of nitrogens with two attached hydrogens (primary N) is 1. The topological polar surface area (TPSA) is 38.5 Å². The summed E-state index contributed by atoms with van der Waals surface area (Å²) in [6.07, 6.45) is 0. The minimum absolute atomic E-state index is 0.380. The van der Waals surface area contributed by atoms with Gasteiger partial charge in [0.25, 0.3) is 0 Å². The number of likely N-dealkylation sites (N-methyl/N-ethyl adjacent to an activating group) is 1. The molecule has 2 N–H and O–H groups in total. The second-order valence-corrected chi connectivity index (χ2v) is 5.44. The van der Waals surface area contributed by atoms with Gasteiger partial charge in [-0.3, -0.25) is 4.90 Å². The van der Waals surface area contributed by atoms with E-state index in [1.165, 1.54) is 0 Å².